The van der Waals surface area contributed by atoms with Crippen LogP contribution in [0.5, 0.6) is 5.75 Å². The Labute approximate surface area is 99.1 Å². The standard InChI is InChI=1S/C13H13FN2O/c1-9-3-2-4-11(13(9)14)17-8-10-5-6-12(15)16-7-10/h2-7H,8H2,1H3,(H2,15,16). The average Bonchev–Trinajstić information content (AvgIpc) is 2.33. The first-order chi connectivity index (χ1) is 8.16. The van der Waals surface area contributed by atoms with Crippen LogP contribution < -0.4 is 10.5 Å². The molecule has 0 atom stereocenters. The maximum Gasteiger partial charge on any atom is 0.167 e. The van der Waals surface area contributed by atoms with Crippen molar-refractivity contribution in [1.82, 2.24) is 4.98 Å². The summed E-state index contributed by atoms with van der Waals surface area (Å²) in [5, 5.41) is 0. The first-order valence-electron chi connectivity index (χ1n) is 5.25. The molecule has 0 aliphatic heterocycles. The van der Waals surface area contributed by atoms with Crippen LogP contribution in [0, 0.1) is 12.7 Å². The van der Waals surface area contributed by atoms with E-state index in [0.29, 0.717) is 11.4 Å². The van der Waals surface area contributed by atoms with Crippen LogP contribution in [0.3, 0.4) is 0 Å². The fraction of sp³-hybridized carbons (Fsp3) is 0.154. The smallest absolute Gasteiger partial charge is 0.167 e. The number of benzene rings is 1. The summed E-state index contributed by atoms with van der Waals surface area (Å²) < 4.78 is 19.0. The molecule has 88 valence electrons. The van der Waals surface area contributed by atoms with Crippen LogP contribution in [-0.4, -0.2) is 4.98 Å². The highest BCUT2D eigenvalue weighted by molar-refractivity contribution is 5.31. The number of hydrogen-bond acceptors (Lipinski definition) is 3. The number of hydrogen-bond donors (Lipinski definition) is 1. The number of nitrogen functional groups attached to an aromatic ring is 1. The Kier molecular flexibility index (Phi) is 3.23. The Hall–Kier alpha value is -2.10. The first-order valence-corrected chi connectivity index (χ1v) is 5.25. The van der Waals surface area contributed by atoms with Crippen molar-refractivity contribution in [2.24, 2.45) is 0 Å². The third-order valence-corrected chi connectivity index (χ3v) is 2.40. The molecule has 2 rings (SSSR count). The van der Waals surface area contributed by atoms with Gasteiger partial charge in [0.2, 0.25) is 0 Å². The van der Waals surface area contributed by atoms with Crippen molar-refractivity contribution < 1.29 is 9.13 Å². The van der Waals surface area contributed by atoms with E-state index in [1.807, 2.05) is 0 Å². The number of halogens is 1. The summed E-state index contributed by atoms with van der Waals surface area (Å²) in [6.45, 7) is 1.97. The monoisotopic (exact) mass is 232 g/mol. The molecule has 1 heterocycles. The maximum atomic E-state index is 13.6. The first kappa shape index (κ1) is 11.4. The average molecular weight is 232 g/mol. The molecule has 0 aliphatic rings. The summed E-state index contributed by atoms with van der Waals surface area (Å²) in [4.78, 5) is 3.94. The van der Waals surface area contributed by atoms with E-state index >= 15 is 0 Å². The second-order valence-electron chi connectivity index (χ2n) is 3.77. The zero-order valence-electron chi connectivity index (χ0n) is 9.48. The van der Waals surface area contributed by atoms with Crippen molar-refractivity contribution >= 4 is 5.82 Å². The molecule has 0 unspecified atom stereocenters. The second kappa shape index (κ2) is 4.82. The van der Waals surface area contributed by atoms with Gasteiger partial charge in [-0.1, -0.05) is 18.2 Å². The minimum Gasteiger partial charge on any atom is -0.486 e. The van der Waals surface area contributed by atoms with Crippen LogP contribution in [0.4, 0.5) is 10.2 Å². The number of rotatable bonds is 3. The van der Waals surface area contributed by atoms with Crippen molar-refractivity contribution in [3.05, 3.63) is 53.5 Å². The van der Waals surface area contributed by atoms with E-state index in [-0.39, 0.29) is 18.2 Å². The second-order valence-corrected chi connectivity index (χ2v) is 3.77. The van der Waals surface area contributed by atoms with E-state index < -0.39 is 0 Å². The third-order valence-electron chi connectivity index (χ3n) is 2.40. The quantitative estimate of drug-likeness (QED) is 0.885. The van der Waals surface area contributed by atoms with Gasteiger partial charge in [0.1, 0.15) is 12.4 Å². The molecular formula is C13H13FN2O. The SMILES string of the molecule is Cc1cccc(OCc2ccc(N)nc2)c1F. The lowest BCUT2D eigenvalue weighted by Gasteiger charge is -2.08. The summed E-state index contributed by atoms with van der Waals surface area (Å²) in [6, 6.07) is 8.55. The van der Waals surface area contributed by atoms with E-state index in [2.05, 4.69) is 4.98 Å². The molecule has 1 aromatic heterocycles. The highest BCUT2D eigenvalue weighted by Crippen LogP contribution is 2.20. The van der Waals surface area contributed by atoms with Crippen LogP contribution >= 0.6 is 0 Å². The van der Waals surface area contributed by atoms with Gasteiger partial charge in [-0.05, 0) is 24.6 Å². The van der Waals surface area contributed by atoms with Gasteiger partial charge < -0.3 is 10.5 Å². The van der Waals surface area contributed by atoms with E-state index in [0.717, 1.165) is 5.56 Å². The van der Waals surface area contributed by atoms with Crippen LogP contribution in [0.15, 0.2) is 36.5 Å². The van der Waals surface area contributed by atoms with E-state index in [1.54, 1.807) is 43.5 Å². The van der Waals surface area contributed by atoms with Crippen LogP contribution in [0.25, 0.3) is 0 Å². The Morgan fingerprint density at radius 2 is 2.12 bits per heavy atom. The molecule has 0 saturated carbocycles. The number of aryl methyl sites for hydroxylation is 1. The van der Waals surface area contributed by atoms with Crippen molar-refractivity contribution in [2.75, 3.05) is 5.73 Å². The highest BCUT2D eigenvalue weighted by Gasteiger charge is 2.05. The third kappa shape index (κ3) is 2.72. The normalized spacial score (nSPS) is 10.2. The molecule has 1 aromatic carbocycles. The van der Waals surface area contributed by atoms with Gasteiger partial charge >= 0.3 is 0 Å². The molecule has 0 radical (unpaired) electrons. The van der Waals surface area contributed by atoms with Crippen LogP contribution in [0.2, 0.25) is 0 Å². The largest absolute Gasteiger partial charge is 0.486 e. The lowest BCUT2D eigenvalue weighted by molar-refractivity contribution is 0.289. The zero-order chi connectivity index (χ0) is 12.3. The number of anilines is 1. The van der Waals surface area contributed by atoms with Gasteiger partial charge in [0.15, 0.2) is 11.6 Å². The summed E-state index contributed by atoms with van der Waals surface area (Å²) in [5.41, 5.74) is 6.88. The predicted octanol–water partition coefficient (Wildman–Crippen LogP) is 2.69. The van der Waals surface area contributed by atoms with Gasteiger partial charge in [0, 0.05) is 11.8 Å². The molecule has 0 saturated heterocycles. The van der Waals surface area contributed by atoms with Crippen LogP contribution in [0.1, 0.15) is 11.1 Å². The molecule has 3 nitrogen and oxygen atoms in total. The Morgan fingerprint density at radius 1 is 1.29 bits per heavy atom. The molecule has 4 heteroatoms. The van der Waals surface area contributed by atoms with Gasteiger partial charge in [0.25, 0.3) is 0 Å². The Bertz CT molecular complexity index is 511. The lowest BCUT2D eigenvalue weighted by Crippen LogP contribution is -1.99. The van der Waals surface area contributed by atoms with Crippen molar-refractivity contribution in [3.63, 3.8) is 0 Å². The van der Waals surface area contributed by atoms with Crippen molar-refractivity contribution in [2.45, 2.75) is 13.5 Å². The molecule has 17 heavy (non-hydrogen) atoms. The number of aromatic nitrogens is 1. The lowest BCUT2D eigenvalue weighted by atomic mass is 10.2. The number of nitrogens with zero attached hydrogens (tertiary/aromatic N) is 1. The van der Waals surface area contributed by atoms with Gasteiger partial charge in [-0.3, -0.25) is 0 Å². The minimum absolute atomic E-state index is 0.252. The van der Waals surface area contributed by atoms with Gasteiger partial charge in [-0.25, -0.2) is 9.37 Å². The fourth-order valence-corrected chi connectivity index (χ4v) is 1.41. The van der Waals surface area contributed by atoms with Gasteiger partial charge in [-0.15, -0.1) is 0 Å². The van der Waals surface area contributed by atoms with Crippen molar-refractivity contribution in [1.29, 1.82) is 0 Å². The molecule has 2 aromatic rings. The molecule has 0 aliphatic carbocycles. The number of nitrogens with two attached hydrogens (primary N) is 1. The minimum atomic E-state index is -0.323. The maximum absolute atomic E-state index is 13.6. The van der Waals surface area contributed by atoms with Crippen molar-refractivity contribution in [3.8, 4) is 5.75 Å². The fourth-order valence-electron chi connectivity index (χ4n) is 1.41. The van der Waals surface area contributed by atoms with E-state index in [1.165, 1.54) is 0 Å². The summed E-state index contributed by atoms with van der Waals surface area (Å²) in [5.74, 6) is 0.383. The van der Waals surface area contributed by atoms with Crippen LogP contribution in [-0.2, 0) is 6.61 Å². The van der Waals surface area contributed by atoms with E-state index in [9.17, 15) is 4.39 Å². The van der Waals surface area contributed by atoms with Gasteiger partial charge in [-0.2, -0.15) is 0 Å². The summed E-state index contributed by atoms with van der Waals surface area (Å²) >= 11 is 0. The molecule has 0 bridgehead atoms. The highest BCUT2D eigenvalue weighted by atomic mass is 19.1. The Balaban J connectivity index is 2.07. The summed E-state index contributed by atoms with van der Waals surface area (Å²) in [6.07, 6.45) is 1.61. The topological polar surface area (TPSA) is 48.1 Å². The number of ether oxygens (including phenoxy) is 1. The molecule has 0 amide bonds. The molecule has 0 fully saturated rings. The molecule has 0 spiro atoms. The van der Waals surface area contributed by atoms with Gasteiger partial charge in [0.05, 0.1) is 0 Å². The number of pyridine rings is 1. The molecule has 2 N–H and O–H groups in total. The summed E-state index contributed by atoms with van der Waals surface area (Å²) in [7, 11) is 0. The molecular weight excluding hydrogens is 219 g/mol. The van der Waals surface area contributed by atoms with E-state index in [4.69, 9.17) is 10.5 Å². The zero-order valence-corrected chi connectivity index (χ0v) is 9.48. The predicted molar refractivity (Wildman–Crippen MR) is 64.1 cm³/mol. The Morgan fingerprint density at radius 3 is 2.82 bits per heavy atom.